The third kappa shape index (κ3) is 2.32. The fourth-order valence-electron chi connectivity index (χ4n) is 2.08. The standard InChI is InChI=1S/C14H15N3O3/c1-9-10(7-17(2)16-9)15-14(18)13-8-19-11-5-3-4-6-12(11)20-13/h3-7,13H,8H2,1-2H3,(H,15,18). The summed E-state index contributed by atoms with van der Waals surface area (Å²) in [6, 6.07) is 7.30. The molecule has 0 radical (unpaired) electrons. The lowest BCUT2D eigenvalue weighted by molar-refractivity contribution is -0.125. The normalized spacial score (nSPS) is 16.8. The van der Waals surface area contributed by atoms with E-state index in [2.05, 4.69) is 10.4 Å². The van der Waals surface area contributed by atoms with Crippen LogP contribution in [0.2, 0.25) is 0 Å². The molecule has 20 heavy (non-hydrogen) atoms. The van der Waals surface area contributed by atoms with Crippen molar-refractivity contribution in [3.63, 3.8) is 0 Å². The van der Waals surface area contributed by atoms with E-state index in [1.807, 2.05) is 25.1 Å². The van der Waals surface area contributed by atoms with Gasteiger partial charge in [-0.1, -0.05) is 12.1 Å². The molecule has 1 aromatic heterocycles. The van der Waals surface area contributed by atoms with Crippen LogP contribution >= 0.6 is 0 Å². The van der Waals surface area contributed by atoms with Crippen molar-refractivity contribution in [2.24, 2.45) is 7.05 Å². The predicted octanol–water partition coefficient (Wildman–Crippen LogP) is 1.51. The van der Waals surface area contributed by atoms with Crippen molar-refractivity contribution < 1.29 is 14.3 Å². The van der Waals surface area contributed by atoms with Crippen molar-refractivity contribution in [3.05, 3.63) is 36.2 Å². The zero-order valence-electron chi connectivity index (χ0n) is 11.3. The number of hydrogen-bond donors (Lipinski definition) is 1. The minimum atomic E-state index is -0.662. The van der Waals surface area contributed by atoms with Crippen LogP contribution in [0, 0.1) is 6.92 Å². The molecule has 6 nitrogen and oxygen atoms in total. The van der Waals surface area contributed by atoms with Crippen LogP contribution in [0.1, 0.15) is 5.69 Å². The van der Waals surface area contributed by atoms with Gasteiger partial charge in [0.2, 0.25) is 6.10 Å². The molecule has 2 heterocycles. The number of carbonyl (C=O) groups is 1. The number of aromatic nitrogens is 2. The molecule has 1 unspecified atom stereocenters. The lowest BCUT2D eigenvalue weighted by Gasteiger charge is -2.25. The smallest absolute Gasteiger partial charge is 0.269 e. The molecule has 3 rings (SSSR count). The van der Waals surface area contributed by atoms with Crippen molar-refractivity contribution in [3.8, 4) is 11.5 Å². The van der Waals surface area contributed by atoms with Crippen molar-refractivity contribution >= 4 is 11.6 Å². The predicted molar refractivity (Wildman–Crippen MR) is 72.9 cm³/mol. The van der Waals surface area contributed by atoms with Crippen LogP contribution in [-0.4, -0.2) is 28.4 Å². The lowest BCUT2D eigenvalue weighted by atomic mass is 10.2. The summed E-state index contributed by atoms with van der Waals surface area (Å²) in [5.41, 5.74) is 1.44. The molecule has 104 valence electrons. The Morgan fingerprint density at radius 1 is 1.40 bits per heavy atom. The number of fused-ring (bicyclic) bond motifs is 1. The zero-order chi connectivity index (χ0) is 14.1. The average molecular weight is 273 g/mol. The summed E-state index contributed by atoms with van der Waals surface area (Å²) in [6.45, 7) is 2.03. The number of hydrogen-bond acceptors (Lipinski definition) is 4. The van der Waals surface area contributed by atoms with Gasteiger partial charge in [-0.3, -0.25) is 9.48 Å². The topological polar surface area (TPSA) is 65.4 Å². The van der Waals surface area contributed by atoms with Gasteiger partial charge in [0, 0.05) is 13.2 Å². The summed E-state index contributed by atoms with van der Waals surface area (Å²) in [7, 11) is 1.80. The zero-order valence-corrected chi connectivity index (χ0v) is 11.3. The number of rotatable bonds is 2. The third-order valence-electron chi connectivity index (χ3n) is 3.07. The molecular formula is C14H15N3O3. The van der Waals surface area contributed by atoms with E-state index >= 15 is 0 Å². The van der Waals surface area contributed by atoms with Gasteiger partial charge in [-0.2, -0.15) is 5.10 Å². The number of carbonyl (C=O) groups excluding carboxylic acids is 1. The van der Waals surface area contributed by atoms with Crippen LogP contribution in [0.3, 0.4) is 0 Å². The quantitative estimate of drug-likeness (QED) is 0.900. The maximum atomic E-state index is 12.2. The van der Waals surface area contributed by atoms with Crippen LogP contribution in [-0.2, 0) is 11.8 Å². The van der Waals surface area contributed by atoms with Gasteiger partial charge in [-0.15, -0.1) is 0 Å². The number of nitrogens with zero attached hydrogens (tertiary/aromatic N) is 2. The first-order chi connectivity index (χ1) is 9.63. The van der Waals surface area contributed by atoms with E-state index in [-0.39, 0.29) is 12.5 Å². The molecule has 1 aromatic carbocycles. The number of amides is 1. The second kappa shape index (κ2) is 4.88. The largest absolute Gasteiger partial charge is 0.485 e. The number of benzene rings is 1. The minimum Gasteiger partial charge on any atom is -0.485 e. The molecule has 6 heteroatoms. The SMILES string of the molecule is Cc1nn(C)cc1NC(=O)C1COc2ccccc2O1. The van der Waals surface area contributed by atoms with Crippen molar-refractivity contribution in [1.29, 1.82) is 0 Å². The van der Waals surface area contributed by atoms with Crippen LogP contribution in [0.4, 0.5) is 5.69 Å². The molecule has 1 aliphatic rings. The Hall–Kier alpha value is -2.50. The molecule has 2 aromatic rings. The van der Waals surface area contributed by atoms with E-state index in [1.54, 1.807) is 24.0 Å². The van der Waals surface area contributed by atoms with Gasteiger partial charge < -0.3 is 14.8 Å². The molecule has 0 saturated carbocycles. The van der Waals surface area contributed by atoms with E-state index in [9.17, 15) is 4.79 Å². The Balaban J connectivity index is 1.72. The lowest BCUT2D eigenvalue weighted by Crippen LogP contribution is -2.40. The molecule has 1 amide bonds. The summed E-state index contributed by atoms with van der Waals surface area (Å²) in [5, 5.41) is 6.98. The van der Waals surface area contributed by atoms with Gasteiger partial charge in [0.25, 0.3) is 5.91 Å². The van der Waals surface area contributed by atoms with E-state index in [0.29, 0.717) is 17.2 Å². The number of ether oxygens (including phenoxy) is 2. The van der Waals surface area contributed by atoms with E-state index in [0.717, 1.165) is 5.69 Å². The second-order valence-electron chi connectivity index (χ2n) is 4.66. The third-order valence-corrected chi connectivity index (χ3v) is 3.07. The van der Waals surface area contributed by atoms with Gasteiger partial charge in [-0.05, 0) is 19.1 Å². The Kier molecular flexibility index (Phi) is 3.06. The Morgan fingerprint density at radius 3 is 2.85 bits per heavy atom. The van der Waals surface area contributed by atoms with Gasteiger partial charge in [0.05, 0.1) is 11.4 Å². The van der Waals surface area contributed by atoms with Crippen LogP contribution < -0.4 is 14.8 Å². The second-order valence-corrected chi connectivity index (χ2v) is 4.66. The van der Waals surface area contributed by atoms with Crippen LogP contribution in [0.15, 0.2) is 30.5 Å². The highest BCUT2D eigenvalue weighted by atomic mass is 16.6. The van der Waals surface area contributed by atoms with Crippen molar-refractivity contribution in [2.45, 2.75) is 13.0 Å². The number of nitrogens with one attached hydrogen (secondary N) is 1. The summed E-state index contributed by atoms with van der Waals surface area (Å²) < 4.78 is 12.8. The van der Waals surface area contributed by atoms with Crippen LogP contribution in [0.5, 0.6) is 11.5 Å². The summed E-state index contributed by atoms with van der Waals surface area (Å²) in [5.74, 6) is 1.01. The molecule has 0 saturated heterocycles. The van der Waals surface area contributed by atoms with Crippen molar-refractivity contribution in [2.75, 3.05) is 11.9 Å². The fourth-order valence-corrected chi connectivity index (χ4v) is 2.08. The summed E-state index contributed by atoms with van der Waals surface area (Å²) in [6.07, 6.45) is 1.09. The minimum absolute atomic E-state index is 0.197. The molecule has 0 fully saturated rings. The van der Waals surface area contributed by atoms with E-state index in [4.69, 9.17) is 9.47 Å². The maximum Gasteiger partial charge on any atom is 0.269 e. The van der Waals surface area contributed by atoms with Gasteiger partial charge in [-0.25, -0.2) is 0 Å². The Bertz CT molecular complexity index is 651. The molecular weight excluding hydrogens is 258 g/mol. The van der Waals surface area contributed by atoms with Gasteiger partial charge in [0.15, 0.2) is 11.5 Å². The summed E-state index contributed by atoms with van der Waals surface area (Å²) in [4.78, 5) is 12.2. The number of aryl methyl sites for hydroxylation is 2. The molecule has 0 aliphatic carbocycles. The number of anilines is 1. The Labute approximate surface area is 116 Å². The van der Waals surface area contributed by atoms with Gasteiger partial charge >= 0.3 is 0 Å². The monoisotopic (exact) mass is 273 g/mol. The average Bonchev–Trinajstić information content (AvgIpc) is 2.76. The maximum absolute atomic E-state index is 12.2. The summed E-state index contributed by atoms with van der Waals surface area (Å²) >= 11 is 0. The highest BCUT2D eigenvalue weighted by Crippen LogP contribution is 2.31. The highest BCUT2D eigenvalue weighted by Gasteiger charge is 2.27. The first-order valence-electron chi connectivity index (χ1n) is 6.33. The molecule has 1 N–H and O–H groups in total. The molecule has 0 bridgehead atoms. The first kappa shape index (κ1) is 12.5. The van der Waals surface area contributed by atoms with Gasteiger partial charge in [0.1, 0.15) is 6.61 Å². The number of para-hydroxylation sites is 2. The Morgan fingerprint density at radius 2 is 2.15 bits per heavy atom. The first-order valence-corrected chi connectivity index (χ1v) is 6.33. The van der Waals surface area contributed by atoms with E-state index < -0.39 is 6.10 Å². The highest BCUT2D eigenvalue weighted by molar-refractivity contribution is 5.95. The van der Waals surface area contributed by atoms with Crippen molar-refractivity contribution in [1.82, 2.24) is 9.78 Å². The molecule has 1 atom stereocenters. The molecule has 0 spiro atoms. The fraction of sp³-hybridized carbons (Fsp3) is 0.286. The van der Waals surface area contributed by atoms with Crippen LogP contribution in [0.25, 0.3) is 0 Å². The van der Waals surface area contributed by atoms with E-state index in [1.165, 1.54) is 0 Å². The molecule has 1 aliphatic heterocycles.